The maximum Gasteiger partial charge on any atom is 0.363 e. The van der Waals surface area contributed by atoms with E-state index in [4.69, 9.17) is 4.74 Å². The Labute approximate surface area is 137 Å². The van der Waals surface area contributed by atoms with Gasteiger partial charge in [0.1, 0.15) is 5.82 Å². The van der Waals surface area contributed by atoms with Gasteiger partial charge in [-0.3, -0.25) is 4.79 Å². The van der Waals surface area contributed by atoms with Gasteiger partial charge in [-0.15, -0.1) is 0 Å². The summed E-state index contributed by atoms with van der Waals surface area (Å²) in [5.41, 5.74) is 1.57. The van der Waals surface area contributed by atoms with Crippen LogP contribution in [0.5, 0.6) is 0 Å². The van der Waals surface area contributed by atoms with Gasteiger partial charge in [0.05, 0.1) is 5.56 Å². The molecule has 1 amide bonds. The zero-order chi connectivity index (χ0) is 17.1. The van der Waals surface area contributed by atoms with Gasteiger partial charge in [0, 0.05) is 12.6 Å². The maximum atomic E-state index is 13.7. The average Bonchev–Trinajstić information content (AvgIpc) is 2.90. The number of ether oxygens (including phenoxy) is 1. The van der Waals surface area contributed by atoms with Crippen LogP contribution in [0.15, 0.2) is 59.2 Å². The van der Waals surface area contributed by atoms with Crippen LogP contribution in [-0.2, 0) is 14.3 Å². The van der Waals surface area contributed by atoms with Crippen molar-refractivity contribution in [2.24, 2.45) is 4.99 Å². The SMILES string of the molecule is CC(=O)Nc1ccc(/C=C2/N=C(c3ccccc3F)OC2=O)cc1. The summed E-state index contributed by atoms with van der Waals surface area (Å²) in [6, 6.07) is 12.8. The molecule has 1 heterocycles. The highest BCUT2D eigenvalue weighted by atomic mass is 19.1. The molecule has 0 bridgehead atoms. The molecule has 24 heavy (non-hydrogen) atoms. The number of benzene rings is 2. The molecule has 0 radical (unpaired) electrons. The molecule has 1 aliphatic rings. The van der Waals surface area contributed by atoms with E-state index in [1.54, 1.807) is 36.4 Å². The number of carbonyl (C=O) groups is 2. The van der Waals surface area contributed by atoms with Gasteiger partial charge in [-0.1, -0.05) is 24.3 Å². The van der Waals surface area contributed by atoms with Crippen molar-refractivity contribution < 1.29 is 18.7 Å². The Balaban J connectivity index is 1.86. The molecule has 0 saturated heterocycles. The normalized spacial score (nSPS) is 15.2. The maximum absolute atomic E-state index is 13.7. The molecule has 0 atom stereocenters. The van der Waals surface area contributed by atoms with Crippen molar-refractivity contribution in [3.05, 3.63) is 71.2 Å². The summed E-state index contributed by atoms with van der Waals surface area (Å²) in [6.07, 6.45) is 1.54. The van der Waals surface area contributed by atoms with E-state index in [-0.39, 0.29) is 23.1 Å². The highest BCUT2D eigenvalue weighted by molar-refractivity contribution is 6.12. The van der Waals surface area contributed by atoms with E-state index in [0.29, 0.717) is 11.3 Å². The van der Waals surface area contributed by atoms with Crippen LogP contribution in [0.3, 0.4) is 0 Å². The Hall–Kier alpha value is -3.28. The van der Waals surface area contributed by atoms with Crippen LogP contribution < -0.4 is 5.32 Å². The van der Waals surface area contributed by atoms with E-state index in [9.17, 15) is 14.0 Å². The second-order valence-electron chi connectivity index (χ2n) is 5.12. The van der Waals surface area contributed by atoms with Crippen LogP contribution in [-0.4, -0.2) is 17.8 Å². The number of hydrogen-bond donors (Lipinski definition) is 1. The van der Waals surface area contributed by atoms with E-state index in [0.717, 1.165) is 0 Å². The number of nitrogens with one attached hydrogen (secondary N) is 1. The van der Waals surface area contributed by atoms with Crippen LogP contribution in [0.1, 0.15) is 18.1 Å². The Kier molecular flexibility index (Phi) is 4.20. The van der Waals surface area contributed by atoms with Crippen molar-refractivity contribution in [1.29, 1.82) is 0 Å². The van der Waals surface area contributed by atoms with Gasteiger partial charge < -0.3 is 10.1 Å². The summed E-state index contributed by atoms with van der Waals surface area (Å²) in [7, 11) is 0. The van der Waals surface area contributed by atoms with Crippen molar-refractivity contribution in [1.82, 2.24) is 0 Å². The van der Waals surface area contributed by atoms with Gasteiger partial charge in [-0.25, -0.2) is 14.2 Å². The number of esters is 1. The number of nitrogens with zero attached hydrogens (tertiary/aromatic N) is 1. The molecule has 1 aliphatic heterocycles. The highest BCUT2D eigenvalue weighted by Gasteiger charge is 2.25. The van der Waals surface area contributed by atoms with Crippen LogP contribution in [0, 0.1) is 5.82 Å². The third kappa shape index (κ3) is 3.38. The second kappa shape index (κ2) is 6.45. The molecule has 2 aromatic carbocycles. The van der Waals surface area contributed by atoms with Gasteiger partial charge in [0.15, 0.2) is 5.70 Å². The van der Waals surface area contributed by atoms with Crippen LogP contribution in [0.2, 0.25) is 0 Å². The number of rotatable bonds is 3. The molecular formula is C18H13FN2O3. The summed E-state index contributed by atoms with van der Waals surface area (Å²) >= 11 is 0. The highest BCUT2D eigenvalue weighted by Crippen LogP contribution is 2.21. The van der Waals surface area contributed by atoms with Crippen molar-refractivity contribution >= 4 is 29.5 Å². The predicted octanol–water partition coefficient (Wildman–Crippen LogP) is 3.13. The minimum absolute atomic E-state index is 0.0563. The molecule has 0 unspecified atom stereocenters. The Bertz CT molecular complexity index is 870. The van der Waals surface area contributed by atoms with E-state index < -0.39 is 11.8 Å². The van der Waals surface area contributed by atoms with Gasteiger partial charge in [0.25, 0.3) is 0 Å². The molecule has 0 saturated carbocycles. The van der Waals surface area contributed by atoms with Crippen molar-refractivity contribution in [3.8, 4) is 0 Å². The molecule has 0 aromatic heterocycles. The van der Waals surface area contributed by atoms with Crippen LogP contribution in [0.25, 0.3) is 6.08 Å². The molecule has 1 N–H and O–H groups in total. The first kappa shape index (κ1) is 15.6. The van der Waals surface area contributed by atoms with Crippen molar-refractivity contribution in [2.45, 2.75) is 6.92 Å². The zero-order valence-electron chi connectivity index (χ0n) is 12.7. The number of aliphatic imine (C=N–C) groups is 1. The Morgan fingerprint density at radius 1 is 1.17 bits per heavy atom. The Morgan fingerprint density at radius 3 is 2.54 bits per heavy atom. The summed E-state index contributed by atoms with van der Waals surface area (Å²) in [5, 5.41) is 2.65. The summed E-state index contributed by atoms with van der Waals surface area (Å²) in [6.45, 7) is 1.42. The summed E-state index contributed by atoms with van der Waals surface area (Å²) < 4.78 is 18.8. The van der Waals surface area contributed by atoms with Gasteiger partial charge in [-0.05, 0) is 35.9 Å². The third-order valence-corrected chi connectivity index (χ3v) is 3.26. The van der Waals surface area contributed by atoms with E-state index >= 15 is 0 Å². The molecule has 0 fully saturated rings. The number of halogens is 1. The third-order valence-electron chi connectivity index (χ3n) is 3.26. The molecule has 5 nitrogen and oxygen atoms in total. The standard InChI is InChI=1S/C18H13FN2O3/c1-11(22)20-13-8-6-12(7-9-13)10-16-18(23)24-17(21-16)14-4-2-3-5-15(14)19/h2-10H,1H3,(H,20,22)/b16-10+. The number of hydrogen-bond acceptors (Lipinski definition) is 4. The predicted molar refractivity (Wildman–Crippen MR) is 87.8 cm³/mol. The van der Waals surface area contributed by atoms with E-state index in [2.05, 4.69) is 10.3 Å². The molecule has 2 aromatic rings. The quantitative estimate of drug-likeness (QED) is 0.697. The fraction of sp³-hybridized carbons (Fsp3) is 0.0556. The lowest BCUT2D eigenvalue weighted by atomic mass is 10.1. The summed E-state index contributed by atoms with van der Waals surface area (Å²) in [4.78, 5) is 26.9. The lowest BCUT2D eigenvalue weighted by Gasteiger charge is -2.01. The molecule has 3 rings (SSSR count). The van der Waals surface area contributed by atoms with E-state index in [1.807, 2.05) is 0 Å². The number of anilines is 1. The molecule has 0 spiro atoms. The monoisotopic (exact) mass is 324 g/mol. The number of cyclic esters (lactones) is 1. The average molecular weight is 324 g/mol. The van der Waals surface area contributed by atoms with Gasteiger partial charge >= 0.3 is 5.97 Å². The van der Waals surface area contributed by atoms with E-state index in [1.165, 1.54) is 25.1 Å². The molecule has 120 valence electrons. The topological polar surface area (TPSA) is 67.8 Å². The van der Waals surface area contributed by atoms with Gasteiger partial charge in [-0.2, -0.15) is 0 Å². The first-order valence-electron chi connectivity index (χ1n) is 7.18. The fourth-order valence-corrected chi connectivity index (χ4v) is 2.18. The zero-order valence-corrected chi connectivity index (χ0v) is 12.7. The summed E-state index contributed by atoms with van der Waals surface area (Å²) in [5.74, 6) is -1.37. The number of carbonyl (C=O) groups excluding carboxylic acids is 2. The lowest BCUT2D eigenvalue weighted by Crippen LogP contribution is -2.07. The number of amides is 1. The minimum Gasteiger partial charge on any atom is -0.402 e. The molecule has 0 aliphatic carbocycles. The smallest absolute Gasteiger partial charge is 0.363 e. The lowest BCUT2D eigenvalue weighted by molar-refractivity contribution is -0.130. The van der Waals surface area contributed by atoms with Crippen molar-refractivity contribution in [3.63, 3.8) is 0 Å². The first-order valence-corrected chi connectivity index (χ1v) is 7.18. The van der Waals surface area contributed by atoms with Crippen molar-refractivity contribution in [2.75, 3.05) is 5.32 Å². The fourth-order valence-electron chi connectivity index (χ4n) is 2.18. The van der Waals surface area contributed by atoms with Crippen LogP contribution in [0.4, 0.5) is 10.1 Å². The minimum atomic E-state index is -0.640. The van der Waals surface area contributed by atoms with Crippen LogP contribution >= 0.6 is 0 Å². The largest absolute Gasteiger partial charge is 0.402 e. The Morgan fingerprint density at radius 2 is 1.88 bits per heavy atom. The molecular weight excluding hydrogens is 311 g/mol. The second-order valence-corrected chi connectivity index (χ2v) is 5.12. The first-order chi connectivity index (χ1) is 11.5. The molecule has 6 heteroatoms. The van der Waals surface area contributed by atoms with Gasteiger partial charge in [0.2, 0.25) is 11.8 Å².